The van der Waals surface area contributed by atoms with E-state index < -0.39 is 0 Å². The summed E-state index contributed by atoms with van der Waals surface area (Å²) in [6.07, 6.45) is 5.48. The normalized spacial score (nSPS) is 22.3. The smallest absolute Gasteiger partial charge is 0.0314 e. The van der Waals surface area contributed by atoms with E-state index in [0.717, 1.165) is 18.2 Å². The molecule has 1 aliphatic heterocycles. The molecule has 1 heterocycles. The fourth-order valence-corrected chi connectivity index (χ4v) is 2.67. The molecule has 1 saturated heterocycles. The molecule has 1 aromatic carbocycles. The van der Waals surface area contributed by atoms with Crippen LogP contribution in [-0.2, 0) is 6.54 Å². The molecule has 94 valence electrons. The SMILES string of the molecule is CC[C@@H]1CCCN(Cc2ccc(N)cc2)CC1. The number of nitrogens with zero attached hydrogens (tertiary/aromatic N) is 1. The molecule has 17 heavy (non-hydrogen) atoms. The van der Waals surface area contributed by atoms with E-state index in [0.29, 0.717) is 0 Å². The molecule has 1 aliphatic rings. The Labute approximate surface area is 105 Å². The Morgan fingerprint density at radius 2 is 1.94 bits per heavy atom. The van der Waals surface area contributed by atoms with Gasteiger partial charge in [-0.25, -0.2) is 0 Å². The van der Waals surface area contributed by atoms with Gasteiger partial charge in [0.1, 0.15) is 0 Å². The lowest BCUT2D eigenvalue weighted by atomic mass is 9.98. The first-order valence-electron chi connectivity index (χ1n) is 6.84. The minimum absolute atomic E-state index is 0.857. The molecular formula is C15H24N2. The van der Waals surface area contributed by atoms with Gasteiger partial charge < -0.3 is 5.73 Å². The zero-order valence-electron chi connectivity index (χ0n) is 10.9. The Hall–Kier alpha value is -1.02. The van der Waals surface area contributed by atoms with Crippen LogP contribution in [0.25, 0.3) is 0 Å². The first-order valence-corrected chi connectivity index (χ1v) is 6.84. The van der Waals surface area contributed by atoms with Gasteiger partial charge in [-0.1, -0.05) is 25.5 Å². The van der Waals surface area contributed by atoms with Crippen molar-refractivity contribution in [3.8, 4) is 0 Å². The summed E-state index contributed by atoms with van der Waals surface area (Å²) >= 11 is 0. The molecule has 1 aromatic rings. The number of benzene rings is 1. The van der Waals surface area contributed by atoms with Crippen molar-refractivity contribution in [1.82, 2.24) is 4.90 Å². The second-order valence-corrected chi connectivity index (χ2v) is 5.22. The summed E-state index contributed by atoms with van der Waals surface area (Å²) in [5.41, 5.74) is 7.95. The molecule has 0 aromatic heterocycles. The quantitative estimate of drug-likeness (QED) is 0.810. The molecule has 0 bridgehead atoms. The summed E-state index contributed by atoms with van der Waals surface area (Å²) in [7, 11) is 0. The molecule has 1 atom stereocenters. The Morgan fingerprint density at radius 1 is 1.18 bits per heavy atom. The van der Waals surface area contributed by atoms with Crippen LogP contribution < -0.4 is 5.73 Å². The standard InChI is InChI=1S/C15H24N2/c1-2-13-4-3-10-17(11-9-13)12-14-5-7-15(16)8-6-14/h5-8,13H,2-4,9-12,16H2,1H3/t13-/m1/s1. The Balaban J connectivity index is 1.88. The van der Waals surface area contributed by atoms with Crippen molar-refractivity contribution >= 4 is 5.69 Å². The van der Waals surface area contributed by atoms with E-state index in [1.165, 1.54) is 44.3 Å². The predicted octanol–water partition coefficient (Wildman–Crippen LogP) is 3.28. The molecule has 0 saturated carbocycles. The molecule has 1 fully saturated rings. The van der Waals surface area contributed by atoms with Gasteiger partial charge in [0, 0.05) is 12.2 Å². The van der Waals surface area contributed by atoms with Gasteiger partial charge in [-0.2, -0.15) is 0 Å². The van der Waals surface area contributed by atoms with Crippen LogP contribution in [0.3, 0.4) is 0 Å². The number of hydrogen-bond donors (Lipinski definition) is 1. The van der Waals surface area contributed by atoms with Crippen LogP contribution in [0.4, 0.5) is 5.69 Å². The third-order valence-electron chi connectivity index (χ3n) is 3.90. The van der Waals surface area contributed by atoms with Crippen LogP contribution >= 0.6 is 0 Å². The molecule has 2 heteroatoms. The van der Waals surface area contributed by atoms with E-state index in [9.17, 15) is 0 Å². The summed E-state index contributed by atoms with van der Waals surface area (Å²) in [6.45, 7) is 5.90. The minimum Gasteiger partial charge on any atom is -0.399 e. The van der Waals surface area contributed by atoms with E-state index in [1.807, 2.05) is 12.1 Å². The van der Waals surface area contributed by atoms with Crippen molar-refractivity contribution in [2.75, 3.05) is 18.8 Å². The highest BCUT2D eigenvalue weighted by atomic mass is 15.1. The average Bonchev–Trinajstić information content (AvgIpc) is 2.57. The second kappa shape index (κ2) is 6.06. The van der Waals surface area contributed by atoms with Crippen molar-refractivity contribution in [2.24, 2.45) is 5.92 Å². The lowest BCUT2D eigenvalue weighted by molar-refractivity contribution is 0.272. The Morgan fingerprint density at radius 3 is 2.65 bits per heavy atom. The highest BCUT2D eigenvalue weighted by Gasteiger charge is 2.15. The van der Waals surface area contributed by atoms with Crippen molar-refractivity contribution in [3.05, 3.63) is 29.8 Å². The van der Waals surface area contributed by atoms with Crippen molar-refractivity contribution < 1.29 is 0 Å². The van der Waals surface area contributed by atoms with Gasteiger partial charge in [-0.05, 0) is 56.0 Å². The first-order chi connectivity index (χ1) is 8.28. The van der Waals surface area contributed by atoms with Gasteiger partial charge >= 0.3 is 0 Å². The van der Waals surface area contributed by atoms with Crippen molar-refractivity contribution in [1.29, 1.82) is 0 Å². The molecule has 0 spiro atoms. The zero-order valence-corrected chi connectivity index (χ0v) is 10.9. The van der Waals surface area contributed by atoms with Gasteiger partial charge in [-0.15, -0.1) is 0 Å². The maximum absolute atomic E-state index is 5.71. The largest absolute Gasteiger partial charge is 0.399 e. The Bertz CT molecular complexity index is 331. The highest BCUT2D eigenvalue weighted by molar-refractivity contribution is 5.39. The Kier molecular flexibility index (Phi) is 4.43. The molecular weight excluding hydrogens is 208 g/mol. The van der Waals surface area contributed by atoms with E-state index in [4.69, 9.17) is 5.73 Å². The molecule has 2 nitrogen and oxygen atoms in total. The van der Waals surface area contributed by atoms with Crippen LogP contribution in [0.1, 0.15) is 38.2 Å². The monoisotopic (exact) mass is 232 g/mol. The number of hydrogen-bond acceptors (Lipinski definition) is 2. The third-order valence-corrected chi connectivity index (χ3v) is 3.90. The number of nitrogens with two attached hydrogens (primary N) is 1. The number of likely N-dealkylation sites (tertiary alicyclic amines) is 1. The molecule has 0 radical (unpaired) electrons. The topological polar surface area (TPSA) is 29.3 Å². The second-order valence-electron chi connectivity index (χ2n) is 5.22. The summed E-state index contributed by atoms with van der Waals surface area (Å²) in [5, 5.41) is 0. The third kappa shape index (κ3) is 3.74. The predicted molar refractivity (Wildman–Crippen MR) is 73.8 cm³/mol. The van der Waals surface area contributed by atoms with Crippen LogP contribution in [0, 0.1) is 5.92 Å². The van der Waals surface area contributed by atoms with Crippen molar-refractivity contribution in [3.63, 3.8) is 0 Å². The number of anilines is 1. The van der Waals surface area contributed by atoms with Gasteiger partial charge in [0.2, 0.25) is 0 Å². The van der Waals surface area contributed by atoms with Crippen LogP contribution in [0.2, 0.25) is 0 Å². The lowest BCUT2D eigenvalue weighted by Gasteiger charge is -2.20. The highest BCUT2D eigenvalue weighted by Crippen LogP contribution is 2.21. The van der Waals surface area contributed by atoms with Crippen LogP contribution in [-0.4, -0.2) is 18.0 Å². The van der Waals surface area contributed by atoms with Crippen molar-refractivity contribution in [2.45, 2.75) is 39.2 Å². The first kappa shape index (κ1) is 12.4. The molecule has 2 rings (SSSR count). The van der Waals surface area contributed by atoms with E-state index >= 15 is 0 Å². The summed E-state index contributed by atoms with van der Waals surface area (Å²) < 4.78 is 0. The lowest BCUT2D eigenvalue weighted by Crippen LogP contribution is -2.24. The molecule has 2 N–H and O–H groups in total. The van der Waals surface area contributed by atoms with Gasteiger partial charge in [0.05, 0.1) is 0 Å². The summed E-state index contributed by atoms with van der Waals surface area (Å²) in [5.74, 6) is 0.950. The van der Waals surface area contributed by atoms with E-state index in [1.54, 1.807) is 0 Å². The number of nitrogen functional groups attached to an aromatic ring is 1. The fourth-order valence-electron chi connectivity index (χ4n) is 2.67. The zero-order chi connectivity index (χ0) is 12.1. The van der Waals surface area contributed by atoms with Crippen LogP contribution in [0.15, 0.2) is 24.3 Å². The van der Waals surface area contributed by atoms with Gasteiger partial charge in [0.15, 0.2) is 0 Å². The maximum atomic E-state index is 5.71. The number of rotatable bonds is 3. The minimum atomic E-state index is 0.857. The maximum Gasteiger partial charge on any atom is 0.0314 e. The van der Waals surface area contributed by atoms with E-state index in [2.05, 4.69) is 24.0 Å². The molecule has 0 unspecified atom stereocenters. The summed E-state index contributed by atoms with van der Waals surface area (Å²) in [6, 6.07) is 8.30. The summed E-state index contributed by atoms with van der Waals surface area (Å²) in [4.78, 5) is 2.58. The average molecular weight is 232 g/mol. The fraction of sp³-hybridized carbons (Fsp3) is 0.600. The van der Waals surface area contributed by atoms with E-state index in [-0.39, 0.29) is 0 Å². The molecule has 0 amide bonds. The molecule has 0 aliphatic carbocycles. The van der Waals surface area contributed by atoms with Gasteiger partial charge in [-0.3, -0.25) is 4.90 Å². The van der Waals surface area contributed by atoms with Gasteiger partial charge in [0.25, 0.3) is 0 Å². The van der Waals surface area contributed by atoms with Crippen LogP contribution in [0.5, 0.6) is 0 Å².